The Balaban J connectivity index is 1.00. The van der Waals surface area contributed by atoms with Crippen LogP contribution in [0.2, 0.25) is 0 Å². The smallest absolute Gasteiger partial charge is 0.143 e. The van der Waals surface area contributed by atoms with Crippen LogP contribution in [0.4, 0.5) is 0 Å². The topological polar surface area (TPSA) is 18.1 Å². The zero-order valence-corrected chi connectivity index (χ0v) is 30.1. The number of aromatic nitrogens is 1. The standard InChI is InChI=1S/C53H35NO/c1-3-13-35(14-4-1)40-29-32-45-48-34-47(42-17-7-8-20-46(42)53(48)55-51(45)33-40)36-23-25-38(26-24-36)52(37-15-5-2-6-16-37)39-27-30-41(31-28-39)54-49-21-11-9-18-43(49)44-19-10-12-22-50(44)54/h1-34,52H. The normalized spacial score (nSPS) is 12.3. The van der Waals surface area contributed by atoms with E-state index < -0.39 is 0 Å². The molecular formula is C53H35NO. The number of fused-ring (bicyclic) bond motifs is 8. The van der Waals surface area contributed by atoms with Crippen molar-refractivity contribution in [3.63, 3.8) is 0 Å². The molecule has 0 N–H and O–H groups in total. The number of hydrogen-bond donors (Lipinski definition) is 0. The predicted octanol–water partition coefficient (Wildman–Crippen LogP) is 14.4. The van der Waals surface area contributed by atoms with Gasteiger partial charge < -0.3 is 8.98 Å². The Labute approximate surface area is 319 Å². The molecule has 1 atom stereocenters. The molecule has 0 bridgehead atoms. The molecule has 0 radical (unpaired) electrons. The molecule has 2 heterocycles. The van der Waals surface area contributed by atoms with Crippen LogP contribution in [0.15, 0.2) is 211 Å². The number of nitrogens with zero attached hydrogens (tertiary/aromatic N) is 1. The van der Waals surface area contributed by atoms with Gasteiger partial charge in [0.1, 0.15) is 11.2 Å². The van der Waals surface area contributed by atoms with E-state index in [0.717, 1.165) is 38.6 Å². The van der Waals surface area contributed by atoms with Crippen molar-refractivity contribution >= 4 is 54.5 Å². The van der Waals surface area contributed by atoms with Crippen LogP contribution >= 0.6 is 0 Å². The zero-order chi connectivity index (χ0) is 36.3. The van der Waals surface area contributed by atoms with E-state index in [9.17, 15) is 0 Å². The summed E-state index contributed by atoms with van der Waals surface area (Å²) in [6, 6.07) is 74.6. The van der Waals surface area contributed by atoms with Gasteiger partial charge in [-0.05, 0) is 86.8 Å². The lowest BCUT2D eigenvalue weighted by molar-refractivity contribution is 0.673. The monoisotopic (exact) mass is 701 g/mol. The first-order valence-corrected chi connectivity index (χ1v) is 19.0. The van der Waals surface area contributed by atoms with Crippen molar-refractivity contribution in [3.8, 4) is 27.9 Å². The Morgan fingerprint density at radius 1 is 0.345 bits per heavy atom. The number of rotatable bonds is 6. The first kappa shape index (κ1) is 31.4. The lowest BCUT2D eigenvalue weighted by Gasteiger charge is -2.20. The van der Waals surface area contributed by atoms with Crippen molar-refractivity contribution in [2.75, 3.05) is 0 Å². The van der Waals surface area contributed by atoms with Crippen LogP contribution in [0.3, 0.4) is 0 Å². The third-order valence-electron chi connectivity index (χ3n) is 11.3. The summed E-state index contributed by atoms with van der Waals surface area (Å²) in [5, 5.41) is 7.13. The molecule has 2 nitrogen and oxygen atoms in total. The van der Waals surface area contributed by atoms with Gasteiger partial charge in [0.25, 0.3) is 0 Å². The van der Waals surface area contributed by atoms with Gasteiger partial charge in [-0.15, -0.1) is 0 Å². The molecule has 0 saturated heterocycles. The number of benzene rings is 9. The van der Waals surface area contributed by atoms with Crippen molar-refractivity contribution in [1.29, 1.82) is 0 Å². The SMILES string of the molecule is c1ccc(-c2ccc3c(c2)oc2c4ccccc4c(-c4ccc(C(c5ccccc5)c5ccc(-n6c7ccccc7c7ccccc76)cc5)cc4)cc32)cc1. The largest absolute Gasteiger partial charge is 0.455 e. The highest BCUT2D eigenvalue weighted by molar-refractivity contribution is 6.19. The molecule has 1 unspecified atom stereocenters. The van der Waals surface area contributed by atoms with Gasteiger partial charge in [0.05, 0.1) is 11.0 Å². The summed E-state index contributed by atoms with van der Waals surface area (Å²) >= 11 is 0. The highest BCUT2D eigenvalue weighted by Crippen LogP contribution is 2.42. The molecule has 9 aromatic carbocycles. The molecule has 0 amide bonds. The van der Waals surface area contributed by atoms with E-state index in [1.807, 2.05) is 0 Å². The fraction of sp³-hybridized carbons (Fsp3) is 0.0189. The van der Waals surface area contributed by atoms with Gasteiger partial charge in [0.2, 0.25) is 0 Å². The fourth-order valence-corrected chi connectivity index (χ4v) is 8.74. The van der Waals surface area contributed by atoms with Gasteiger partial charge in [-0.1, -0.05) is 164 Å². The van der Waals surface area contributed by atoms with E-state index >= 15 is 0 Å². The van der Waals surface area contributed by atoms with E-state index in [4.69, 9.17) is 4.42 Å². The van der Waals surface area contributed by atoms with E-state index in [0.29, 0.717) is 0 Å². The molecule has 55 heavy (non-hydrogen) atoms. The Kier molecular flexibility index (Phi) is 7.28. The molecule has 0 aliphatic heterocycles. The van der Waals surface area contributed by atoms with E-state index in [2.05, 4.69) is 211 Å². The van der Waals surface area contributed by atoms with Crippen LogP contribution in [0.5, 0.6) is 0 Å². The van der Waals surface area contributed by atoms with Crippen LogP contribution < -0.4 is 0 Å². The highest BCUT2D eigenvalue weighted by Gasteiger charge is 2.20. The van der Waals surface area contributed by atoms with Crippen LogP contribution in [-0.4, -0.2) is 4.57 Å². The quantitative estimate of drug-likeness (QED) is 0.158. The molecule has 2 aromatic heterocycles. The van der Waals surface area contributed by atoms with Crippen LogP contribution in [0.1, 0.15) is 22.6 Å². The molecule has 11 rings (SSSR count). The van der Waals surface area contributed by atoms with Gasteiger partial charge in [0.15, 0.2) is 0 Å². The molecule has 0 spiro atoms. The maximum absolute atomic E-state index is 6.64. The Morgan fingerprint density at radius 2 is 0.873 bits per heavy atom. The first-order valence-electron chi connectivity index (χ1n) is 19.0. The Morgan fingerprint density at radius 3 is 1.55 bits per heavy atom. The van der Waals surface area contributed by atoms with Crippen LogP contribution in [-0.2, 0) is 0 Å². The average Bonchev–Trinajstić information content (AvgIpc) is 3.80. The second kappa shape index (κ2) is 12.8. The molecule has 0 aliphatic carbocycles. The number of furan rings is 1. The first-order chi connectivity index (χ1) is 27.3. The lowest BCUT2D eigenvalue weighted by Crippen LogP contribution is -2.04. The zero-order valence-electron chi connectivity index (χ0n) is 30.1. The van der Waals surface area contributed by atoms with Crippen molar-refractivity contribution in [3.05, 3.63) is 223 Å². The summed E-state index contributed by atoms with van der Waals surface area (Å²) in [6.45, 7) is 0. The highest BCUT2D eigenvalue weighted by atomic mass is 16.3. The van der Waals surface area contributed by atoms with Crippen molar-refractivity contribution in [2.24, 2.45) is 0 Å². The van der Waals surface area contributed by atoms with E-state index in [-0.39, 0.29) is 5.92 Å². The molecule has 11 aromatic rings. The second-order valence-electron chi connectivity index (χ2n) is 14.5. The van der Waals surface area contributed by atoms with E-state index in [1.54, 1.807) is 0 Å². The predicted molar refractivity (Wildman–Crippen MR) is 230 cm³/mol. The van der Waals surface area contributed by atoms with E-state index in [1.165, 1.54) is 60.6 Å². The number of hydrogen-bond acceptors (Lipinski definition) is 1. The van der Waals surface area contributed by atoms with Gasteiger partial charge in [-0.3, -0.25) is 0 Å². The summed E-state index contributed by atoms with van der Waals surface area (Å²) in [4.78, 5) is 0. The summed E-state index contributed by atoms with van der Waals surface area (Å²) < 4.78 is 9.02. The van der Waals surface area contributed by atoms with Gasteiger partial charge >= 0.3 is 0 Å². The third kappa shape index (κ3) is 5.18. The van der Waals surface area contributed by atoms with Crippen LogP contribution in [0.25, 0.3) is 82.5 Å². The van der Waals surface area contributed by atoms with Gasteiger partial charge in [-0.25, -0.2) is 0 Å². The minimum Gasteiger partial charge on any atom is -0.455 e. The molecule has 0 aliphatic rings. The van der Waals surface area contributed by atoms with Gasteiger partial charge in [-0.2, -0.15) is 0 Å². The molecule has 2 heteroatoms. The summed E-state index contributed by atoms with van der Waals surface area (Å²) in [7, 11) is 0. The lowest BCUT2D eigenvalue weighted by atomic mass is 9.84. The summed E-state index contributed by atoms with van der Waals surface area (Å²) in [6.07, 6.45) is 0. The number of para-hydroxylation sites is 2. The Bertz CT molecular complexity index is 3120. The summed E-state index contributed by atoms with van der Waals surface area (Å²) in [5.41, 5.74) is 14.0. The molecule has 258 valence electrons. The second-order valence-corrected chi connectivity index (χ2v) is 14.5. The molecule has 0 fully saturated rings. The van der Waals surface area contributed by atoms with Gasteiger partial charge in [0, 0.05) is 38.5 Å². The molecule has 0 saturated carbocycles. The maximum Gasteiger partial charge on any atom is 0.143 e. The fourth-order valence-electron chi connectivity index (χ4n) is 8.74. The minimum atomic E-state index is 0.0818. The Hall–Kier alpha value is -7.16. The average molecular weight is 702 g/mol. The van der Waals surface area contributed by atoms with Crippen molar-refractivity contribution in [2.45, 2.75) is 5.92 Å². The third-order valence-corrected chi connectivity index (χ3v) is 11.3. The maximum atomic E-state index is 6.64. The molecular weight excluding hydrogens is 667 g/mol. The minimum absolute atomic E-state index is 0.0818. The van der Waals surface area contributed by atoms with Crippen molar-refractivity contribution < 1.29 is 4.42 Å². The van der Waals surface area contributed by atoms with Crippen molar-refractivity contribution in [1.82, 2.24) is 4.57 Å². The summed E-state index contributed by atoms with van der Waals surface area (Å²) in [5.74, 6) is 0.0818. The van der Waals surface area contributed by atoms with Crippen LogP contribution in [0, 0.1) is 0 Å².